The van der Waals surface area contributed by atoms with E-state index in [1.165, 1.54) is 17.4 Å². The van der Waals surface area contributed by atoms with Crippen molar-refractivity contribution in [1.82, 2.24) is 4.98 Å². The highest BCUT2D eigenvalue weighted by Gasteiger charge is 2.13. The molecule has 0 aliphatic carbocycles. The van der Waals surface area contributed by atoms with Gasteiger partial charge < -0.3 is 5.73 Å². The maximum atomic E-state index is 13.3. The Bertz CT molecular complexity index is 551. The lowest BCUT2D eigenvalue weighted by Crippen LogP contribution is -1.89. The van der Waals surface area contributed by atoms with Gasteiger partial charge in [-0.1, -0.05) is 11.6 Å². The minimum atomic E-state index is -0.311. The van der Waals surface area contributed by atoms with E-state index in [4.69, 9.17) is 17.3 Å². The molecule has 0 spiro atoms. The summed E-state index contributed by atoms with van der Waals surface area (Å²) in [5.41, 5.74) is 7.63. The molecule has 0 atom stereocenters. The molecule has 0 fully saturated rings. The van der Waals surface area contributed by atoms with Gasteiger partial charge in [0.15, 0.2) is 5.13 Å². The second-order valence-electron chi connectivity index (χ2n) is 3.54. The van der Waals surface area contributed by atoms with Crippen LogP contribution in [0.15, 0.2) is 12.1 Å². The highest BCUT2D eigenvalue weighted by molar-refractivity contribution is 7.15. The number of nitrogens with zero attached hydrogens (tertiary/aromatic N) is 1. The molecule has 0 amide bonds. The highest BCUT2D eigenvalue weighted by Crippen LogP contribution is 2.34. The summed E-state index contributed by atoms with van der Waals surface area (Å²) < 4.78 is 13.3. The van der Waals surface area contributed by atoms with E-state index in [1.807, 2.05) is 6.92 Å². The van der Waals surface area contributed by atoms with E-state index in [0.29, 0.717) is 15.7 Å². The molecule has 1 aromatic carbocycles. The van der Waals surface area contributed by atoms with Crippen LogP contribution in [0.4, 0.5) is 9.52 Å². The molecule has 0 saturated carbocycles. The summed E-state index contributed by atoms with van der Waals surface area (Å²) in [4.78, 5) is 5.18. The lowest BCUT2D eigenvalue weighted by Gasteiger charge is -2.05. The first-order chi connectivity index (χ1) is 7.49. The third-order valence-corrected chi connectivity index (χ3v) is 3.43. The number of aryl methyl sites for hydroxylation is 2. The summed E-state index contributed by atoms with van der Waals surface area (Å²) >= 11 is 7.40. The van der Waals surface area contributed by atoms with Crippen molar-refractivity contribution < 1.29 is 4.39 Å². The Morgan fingerprint density at radius 1 is 1.38 bits per heavy atom. The number of hydrogen-bond donors (Lipinski definition) is 1. The van der Waals surface area contributed by atoms with Crippen LogP contribution in [0.1, 0.15) is 10.4 Å². The number of anilines is 1. The SMILES string of the molecule is Cc1cc(-c2nc(N)sc2C)c(Cl)cc1F. The molecule has 2 aromatic rings. The van der Waals surface area contributed by atoms with Gasteiger partial charge in [-0.15, -0.1) is 11.3 Å². The van der Waals surface area contributed by atoms with Gasteiger partial charge in [0.25, 0.3) is 0 Å². The number of benzene rings is 1. The van der Waals surface area contributed by atoms with Crippen LogP contribution in [0, 0.1) is 19.7 Å². The number of nitrogens with two attached hydrogens (primary N) is 1. The van der Waals surface area contributed by atoms with Crippen molar-refractivity contribution in [3.8, 4) is 11.3 Å². The van der Waals surface area contributed by atoms with Crippen LogP contribution in [0.5, 0.6) is 0 Å². The molecule has 0 unspecified atom stereocenters. The lowest BCUT2D eigenvalue weighted by molar-refractivity contribution is 0.619. The van der Waals surface area contributed by atoms with Gasteiger partial charge in [-0.25, -0.2) is 9.37 Å². The van der Waals surface area contributed by atoms with Crippen LogP contribution in [-0.2, 0) is 0 Å². The molecular formula is C11H10ClFN2S. The molecule has 16 heavy (non-hydrogen) atoms. The molecule has 84 valence electrons. The Hall–Kier alpha value is -1.13. The number of nitrogen functional groups attached to an aromatic ring is 1. The zero-order valence-corrected chi connectivity index (χ0v) is 10.4. The molecule has 1 heterocycles. The molecular weight excluding hydrogens is 247 g/mol. The van der Waals surface area contributed by atoms with Crippen LogP contribution < -0.4 is 5.73 Å². The largest absolute Gasteiger partial charge is 0.375 e. The minimum Gasteiger partial charge on any atom is -0.375 e. The van der Waals surface area contributed by atoms with E-state index >= 15 is 0 Å². The van der Waals surface area contributed by atoms with Crippen molar-refractivity contribution in [2.24, 2.45) is 0 Å². The molecule has 0 aliphatic rings. The second kappa shape index (κ2) is 4.03. The summed E-state index contributed by atoms with van der Waals surface area (Å²) in [5, 5.41) is 0.849. The average molecular weight is 257 g/mol. The maximum Gasteiger partial charge on any atom is 0.180 e. The van der Waals surface area contributed by atoms with E-state index in [-0.39, 0.29) is 5.82 Å². The van der Waals surface area contributed by atoms with Crippen LogP contribution in [0.25, 0.3) is 11.3 Å². The Balaban J connectivity index is 2.64. The third kappa shape index (κ3) is 1.90. The number of aromatic nitrogens is 1. The van der Waals surface area contributed by atoms with E-state index in [0.717, 1.165) is 16.1 Å². The quantitative estimate of drug-likeness (QED) is 0.843. The predicted octanol–water partition coefficient (Wildman–Crippen LogP) is 3.80. The molecule has 2 nitrogen and oxygen atoms in total. The zero-order valence-electron chi connectivity index (χ0n) is 8.84. The first kappa shape index (κ1) is 11.4. The number of rotatable bonds is 1. The van der Waals surface area contributed by atoms with Gasteiger partial charge in [-0.05, 0) is 31.5 Å². The molecule has 0 saturated heterocycles. The predicted molar refractivity (Wildman–Crippen MR) is 66.4 cm³/mol. The summed E-state index contributed by atoms with van der Waals surface area (Å²) in [5.74, 6) is -0.311. The molecule has 0 radical (unpaired) electrons. The fourth-order valence-electron chi connectivity index (χ4n) is 1.51. The normalized spacial score (nSPS) is 10.8. The molecule has 5 heteroatoms. The Labute approximate surface area is 102 Å². The highest BCUT2D eigenvalue weighted by atomic mass is 35.5. The molecule has 0 bridgehead atoms. The van der Waals surface area contributed by atoms with E-state index < -0.39 is 0 Å². The number of halogens is 2. The van der Waals surface area contributed by atoms with Gasteiger partial charge in [0.05, 0.1) is 10.7 Å². The summed E-state index contributed by atoms with van der Waals surface area (Å²) in [6.07, 6.45) is 0. The van der Waals surface area contributed by atoms with Gasteiger partial charge in [-0.3, -0.25) is 0 Å². The van der Waals surface area contributed by atoms with Crippen molar-refractivity contribution in [2.75, 3.05) is 5.73 Å². The van der Waals surface area contributed by atoms with E-state index in [9.17, 15) is 4.39 Å². The minimum absolute atomic E-state index is 0.311. The van der Waals surface area contributed by atoms with Crippen LogP contribution >= 0.6 is 22.9 Å². The van der Waals surface area contributed by atoms with Gasteiger partial charge in [0, 0.05) is 10.4 Å². The topological polar surface area (TPSA) is 38.9 Å². The van der Waals surface area contributed by atoms with Gasteiger partial charge in [-0.2, -0.15) is 0 Å². The van der Waals surface area contributed by atoms with Crippen LogP contribution in [-0.4, -0.2) is 4.98 Å². The summed E-state index contributed by atoms with van der Waals surface area (Å²) in [6, 6.07) is 3.00. The second-order valence-corrected chi connectivity index (χ2v) is 5.18. The summed E-state index contributed by atoms with van der Waals surface area (Å²) in [6.45, 7) is 3.61. The van der Waals surface area contributed by atoms with Crippen LogP contribution in [0.2, 0.25) is 5.02 Å². The Morgan fingerprint density at radius 2 is 2.06 bits per heavy atom. The van der Waals surface area contributed by atoms with Crippen molar-refractivity contribution in [2.45, 2.75) is 13.8 Å². The van der Waals surface area contributed by atoms with Crippen LogP contribution in [0.3, 0.4) is 0 Å². The van der Waals surface area contributed by atoms with E-state index in [1.54, 1.807) is 13.0 Å². The van der Waals surface area contributed by atoms with Gasteiger partial charge in [0.1, 0.15) is 5.82 Å². The summed E-state index contributed by atoms with van der Waals surface area (Å²) in [7, 11) is 0. The van der Waals surface area contributed by atoms with Crippen molar-refractivity contribution in [3.63, 3.8) is 0 Å². The first-order valence-corrected chi connectivity index (χ1v) is 5.87. The van der Waals surface area contributed by atoms with Crippen molar-refractivity contribution in [3.05, 3.63) is 33.4 Å². The lowest BCUT2D eigenvalue weighted by atomic mass is 10.1. The van der Waals surface area contributed by atoms with Gasteiger partial charge in [0.2, 0.25) is 0 Å². The fourth-order valence-corrected chi connectivity index (χ4v) is 2.45. The monoisotopic (exact) mass is 256 g/mol. The zero-order chi connectivity index (χ0) is 11.9. The smallest absolute Gasteiger partial charge is 0.180 e. The first-order valence-electron chi connectivity index (χ1n) is 4.68. The molecule has 1 aromatic heterocycles. The standard InChI is InChI=1S/C11H10ClFN2S/c1-5-3-7(8(12)4-9(5)13)10-6(2)16-11(14)15-10/h3-4H,1-2H3,(H2,14,15). The van der Waals surface area contributed by atoms with E-state index in [2.05, 4.69) is 4.98 Å². The number of hydrogen-bond acceptors (Lipinski definition) is 3. The average Bonchev–Trinajstić information content (AvgIpc) is 2.51. The fraction of sp³-hybridized carbons (Fsp3) is 0.182. The molecule has 2 N–H and O–H groups in total. The number of thiazole rings is 1. The Kier molecular flexibility index (Phi) is 2.86. The van der Waals surface area contributed by atoms with Gasteiger partial charge >= 0.3 is 0 Å². The third-order valence-electron chi connectivity index (χ3n) is 2.32. The molecule has 0 aliphatic heterocycles. The van der Waals surface area contributed by atoms with Crippen molar-refractivity contribution in [1.29, 1.82) is 0 Å². The maximum absolute atomic E-state index is 13.3. The Morgan fingerprint density at radius 3 is 2.62 bits per heavy atom. The molecule has 2 rings (SSSR count). The van der Waals surface area contributed by atoms with Crippen molar-refractivity contribution >= 4 is 28.1 Å².